The van der Waals surface area contributed by atoms with Gasteiger partial charge in [0.05, 0.1) is 19.8 Å². The number of rotatable bonds is 11. The third kappa shape index (κ3) is 11.9. The van der Waals surface area contributed by atoms with Gasteiger partial charge in [-0.1, -0.05) is 0 Å². The number of likely N-dealkylation sites (N-methyl/N-ethyl adjacent to an activating group) is 1. The minimum absolute atomic E-state index is 0.703. The van der Waals surface area contributed by atoms with Crippen molar-refractivity contribution in [3.8, 4) is 0 Å². The van der Waals surface area contributed by atoms with Gasteiger partial charge in [-0.2, -0.15) is 0 Å². The molecule has 114 valence electrons. The van der Waals surface area contributed by atoms with Gasteiger partial charge in [0.1, 0.15) is 0 Å². The highest BCUT2D eigenvalue weighted by Gasteiger charge is 1.99. The molecule has 0 amide bonds. The van der Waals surface area contributed by atoms with Crippen LogP contribution in [0.15, 0.2) is 4.99 Å². The van der Waals surface area contributed by atoms with Gasteiger partial charge in [0.25, 0.3) is 0 Å². The minimum Gasteiger partial charge on any atom is -0.383 e. The van der Waals surface area contributed by atoms with Crippen LogP contribution >= 0.6 is 0 Å². The molecule has 0 radical (unpaired) electrons. The summed E-state index contributed by atoms with van der Waals surface area (Å²) >= 11 is 0. The molecule has 0 aromatic carbocycles. The monoisotopic (exact) mass is 274 g/mol. The summed E-state index contributed by atoms with van der Waals surface area (Å²) in [6.45, 7) is 10.5. The molecule has 0 bridgehead atoms. The van der Waals surface area contributed by atoms with Gasteiger partial charge in [-0.25, -0.2) is 0 Å². The largest absolute Gasteiger partial charge is 0.383 e. The van der Waals surface area contributed by atoms with Crippen molar-refractivity contribution in [1.29, 1.82) is 0 Å². The molecule has 0 aliphatic heterocycles. The first-order valence-corrected chi connectivity index (χ1v) is 7.02. The highest BCUT2D eigenvalue weighted by atomic mass is 16.5. The van der Waals surface area contributed by atoms with Gasteiger partial charge in [0.2, 0.25) is 0 Å². The topological polar surface area (TPSA) is 58.1 Å². The smallest absolute Gasteiger partial charge is 0.191 e. The van der Waals surface area contributed by atoms with E-state index in [2.05, 4.69) is 34.5 Å². The van der Waals surface area contributed by atoms with Crippen molar-refractivity contribution in [2.75, 3.05) is 66.7 Å². The lowest BCUT2D eigenvalue weighted by Gasteiger charge is -2.15. The van der Waals surface area contributed by atoms with Crippen LogP contribution in [0.5, 0.6) is 0 Å². The van der Waals surface area contributed by atoms with E-state index < -0.39 is 0 Å². The Bertz CT molecular complexity index is 225. The first-order valence-electron chi connectivity index (χ1n) is 7.02. The fraction of sp³-hybridized carbons (Fsp3) is 0.923. The Labute approximate surface area is 117 Å². The predicted molar refractivity (Wildman–Crippen MR) is 79.8 cm³/mol. The van der Waals surface area contributed by atoms with Gasteiger partial charge in [-0.15, -0.1) is 0 Å². The molecule has 0 saturated carbocycles. The van der Waals surface area contributed by atoms with Crippen LogP contribution in [0, 0.1) is 0 Å². The Morgan fingerprint density at radius 2 is 1.95 bits per heavy atom. The normalized spacial score (nSPS) is 11.9. The van der Waals surface area contributed by atoms with Crippen molar-refractivity contribution in [2.45, 2.75) is 13.8 Å². The van der Waals surface area contributed by atoms with E-state index in [1.807, 2.05) is 6.92 Å². The van der Waals surface area contributed by atoms with Crippen molar-refractivity contribution in [1.82, 2.24) is 15.5 Å². The highest BCUT2D eigenvalue weighted by Crippen LogP contribution is 1.84. The first kappa shape index (κ1) is 18.1. The molecular formula is C13H30N4O2. The highest BCUT2D eigenvalue weighted by molar-refractivity contribution is 5.79. The Kier molecular flexibility index (Phi) is 13.0. The zero-order valence-corrected chi connectivity index (χ0v) is 12.9. The summed E-state index contributed by atoms with van der Waals surface area (Å²) in [5, 5.41) is 6.46. The lowest BCUT2D eigenvalue weighted by atomic mass is 10.5. The molecule has 0 heterocycles. The number of methoxy groups -OCH3 is 1. The summed E-state index contributed by atoms with van der Waals surface area (Å²) in [5.41, 5.74) is 0. The fourth-order valence-corrected chi connectivity index (χ4v) is 1.42. The molecule has 0 aromatic heterocycles. The summed E-state index contributed by atoms with van der Waals surface area (Å²) in [7, 11) is 3.79. The van der Waals surface area contributed by atoms with E-state index in [0.717, 1.165) is 51.9 Å². The first-order chi connectivity index (χ1) is 9.24. The van der Waals surface area contributed by atoms with Crippen molar-refractivity contribution in [3.63, 3.8) is 0 Å². The van der Waals surface area contributed by atoms with Crippen molar-refractivity contribution in [2.24, 2.45) is 4.99 Å². The van der Waals surface area contributed by atoms with E-state index in [4.69, 9.17) is 9.47 Å². The molecule has 0 spiro atoms. The minimum atomic E-state index is 0.703. The number of aliphatic imine (C=N–C) groups is 1. The second-order valence-electron chi connectivity index (χ2n) is 4.18. The van der Waals surface area contributed by atoms with E-state index >= 15 is 0 Å². The van der Waals surface area contributed by atoms with Crippen LogP contribution in [-0.4, -0.2) is 77.6 Å². The summed E-state index contributed by atoms with van der Waals surface area (Å²) in [6, 6.07) is 0. The van der Waals surface area contributed by atoms with Crippen LogP contribution in [0.4, 0.5) is 0 Å². The Morgan fingerprint density at radius 3 is 2.58 bits per heavy atom. The van der Waals surface area contributed by atoms with Crippen LogP contribution in [0.1, 0.15) is 13.8 Å². The zero-order chi connectivity index (χ0) is 14.3. The maximum absolute atomic E-state index is 5.28. The molecule has 0 aromatic rings. The number of hydrogen-bond donors (Lipinski definition) is 2. The lowest BCUT2D eigenvalue weighted by molar-refractivity contribution is 0.152. The summed E-state index contributed by atoms with van der Waals surface area (Å²) < 4.78 is 10.3. The maximum Gasteiger partial charge on any atom is 0.191 e. The predicted octanol–water partition coefficient (Wildman–Crippen LogP) is 0.156. The molecule has 0 saturated heterocycles. The van der Waals surface area contributed by atoms with Gasteiger partial charge < -0.3 is 25.0 Å². The van der Waals surface area contributed by atoms with Gasteiger partial charge in [0, 0.05) is 39.9 Å². The van der Waals surface area contributed by atoms with Gasteiger partial charge >= 0.3 is 0 Å². The van der Waals surface area contributed by atoms with Crippen molar-refractivity contribution >= 4 is 5.96 Å². The molecule has 0 aliphatic carbocycles. The Balaban J connectivity index is 3.83. The molecule has 0 unspecified atom stereocenters. The van der Waals surface area contributed by atoms with E-state index in [0.29, 0.717) is 6.61 Å². The van der Waals surface area contributed by atoms with E-state index in [1.165, 1.54) is 0 Å². The number of ether oxygens (including phenoxy) is 2. The number of nitrogens with one attached hydrogen (secondary N) is 2. The van der Waals surface area contributed by atoms with Crippen LogP contribution in [0.3, 0.4) is 0 Å². The number of guanidine groups is 1. The average Bonchev–Trinajstić information content (AvgIpc) is 2.41. The zero-order valence-electron chi connectivity index (χ0n) is 12.9. The molecule has 2 N–H and O–H groups in total. The van der Waals surface area contributed by atoms with Crippen LogP contribution < -0.4 is 10.6 Å². The number of nitrogens with zero attached hydrogens (tertiary/aromatic N) is 2. The standard InChI is InChI=1S/C13H30N4O2/c1-5-14-13(16-8-11-19-6-2)15-7-9-17(3)10-12-18-4/h5-12H2,1-4H3,(H2,14,15,16). The molecule has 19 heavy (non-hydrogen) atoms. The number of hydrogen-bond acceptors (Lipinski definition) is 4. The fourth-order valence-electron chi connectivity index (χ4n) is 1.42. The Hall–Kier alpha value is -0.850. The summed E-state index contributed by atoms with van der Waals surface area (Å²) in [6.07, 6.45) is 0. The second kappa shape index (κ2) is 13.6. The summed E-state index contributed by atoms with van der Waals surface area (Å²) in [4.78, 5) is 6.72. The van der Waals surface area contributed by atoms with Crippen LogP contribution in [-0.2, 0) is 9.47 Å². The molecule has 0 fully saturated rings. The van der Waals surface area contributed by atoms with Gasteiger partial charge in [-0.3, -0.25) is 4.99 Å². The maximum atomic E-state index is 5.28. The van der Waals surface area contributed by atoms with Crippen molar-refractivity contribution < 1.29 is 9.47 Å². The van der Waals surface area contributed by atoms with E-state index in [9.17, 15) is 0 Å². The molecule has 6 heteroatoms. The molecule has 0 atom stereocenters. The third-order valence-corrected chi connectivity index (χ3v) is 2.52. The van der Waals surface area contributed by atoms with E-state index in [1.54, 1.807) is 7.11 Å². The third-order valence-electron chi connectivity index (χ3n) is 2.52. The lowest BCUT2D eigenvalue weighted by Crippen LogP contribution is -2.39. The molecule has 0 aliphatic rings. The van der Waals surface area contributed by atoms with Crippen molar-refractivity contribution in [3.05, 3.63) is 0 Å². The Morgan fingerprint density at radius 1 is 1.16 bits per heavy atom. The van der Waals surface area contributed by atoms with Gasteiger partial charge in [-0.05, 0) is 20.9 Å². The average molecular weight is 274 g/mol. The molecular weight excluding hydrogens is 244 g/mol. The van der Waals surface area contributed by atoms with Gasteiger partial charge in [0.15, 0.2) is 5.96 Å². The second-order valence-corrected chi connectivity index (χ2v) is 4.18. The van der Waals surface area contributed by atoms with E-state index in [-0.39, 0.29) is 0 Å². The quantitative estimate of drug-likeness (QED) is 0.319. The summed E-state index contributed by atoms with van der Waals surface area (Å²) in [5.74, 6) is 0.849. The molecule has 0 rings (SSSR count). The molecule has 6 nitrogen and oxygen atoms in total. The SMILES string of the molecule is CCNC(=NCCN(C)CCOC)NCCOCC. The van der Waals surface area contributed by atoms with Crippen LogP contribution in [0.25, 0.3) is 0 Å². The van der Waals surface area contributed by atoms with Crippen LogP contribution in [0.2, 0.25) is 0 Å².